The van der Waals surface area contributed by atoms with Gasteiger partial charge in [0.2, 0.25) is 0 Å². The van der Waals surface area contributed by atoms with Gasteiger partial charge < -0.3 is 5.32 Å². The van der Waals surface area contributed by atoms with Crippen LogP contribution in [0.3, 0.4) is 0 Å². The summed E-state index contributed by atoms with van der Waals surface area (Å²) >= 11 is 1.66. The maximum absolute atomic E-state index is 8.64. The van der Waals surface area contributed by atoms with E-state index in [-0.39, 0.29) is 0 Å². The minimum Gasteiger partial charge on any atom is -0.312 e. The summed E-state index contributed by atoms with van der Waals surface area (Å²) in [6, 6.07) is 4.12. The van der Waals surface area contributed by atoms with Crippen LogP contribution in [-0.2, 0) is 6.54 Å². The van der Waals surface area contributed by atoms with E-state index in [9.17, 15) is 0 Å². The van der Waals surface area contributed by atoms with E-state index in [1.54, 1.807) is 11.3 Å². The molecule has 14 heavy (non-hydrogen) atoms. The Kier molecular flexibility index (Phi) is 3.18. The van der Waals surface area contributed by atoms with Crippen molar-refractivity contribution in [3.63, 3.8) is 0 Å². The molecule has 0 unspecified atom stereocenters. The number of thiophene rings is 1. The highest BCUT2D eigenvalue weighted by Crippen LogP contribution is 2.31. The van der Waals surface area contributed by atoms with Crippen molar-refractivity contribution in [2.24, 2.45) is 5.92 Å². The lowest BCUT2D eigenvalue weighted by atomic mass is 10.3. The zero-order valence-electron chi connectivity index (χ0n) is 8.12. The summed E-state index contributed by atoms with van der Waals surface area (Å²) in [5.74, 6) is 1.00. The molecular formula is C11H14N2S. The van der Waals surface area contributed by atoms with Gasteiger partial charge in [-0.3, -0.25) is 0 Å². The molecule has 1 saturated carbocycles. The first kappa shape index (κ1) is 9.70. The molecule has 2 rings (SSSR count). The van der Waals surface area contributed by atoms with Crippen LogP contribution in [0.2, 0.25) is 0 Å². The standard InChI is InChI=1S/C11H14N2S/c12-6-10-5-11(14-8-10)7-13-4-3-9-1-2-9/h5,8-9,13H,1-4,7H2. The van der Waals surface area contributed by atoms with Crippen molar-refractivity contribution in [2.75, 3.05) is 6.54 Å². The van der Waals surface area contributed by atoms with Gasteiger partial charge in [-0.25, -0.2) is 0 Å². The first-order chi connectivity index (χ1) is 6.88. The molecule has 1 heterocycles. The van der Waals surface area contributed by atoms with Crippen LogP contribution in [0.1, 0.15) is 29.7 Å². The van der Waals surface area contributed by atoms with E-state index in [1.165, 1.54) is 24.1 Å². The van der Waals surface area contributed by atoms with Crippen LogP contribution in [0.25, 0.3) is 0 Å². The third kappa shape index (κ3) is 2.83. The van der Waals surface area contributed by atoms with Crippen molar-refractivity contribution in [2.45, 2.75) is 25.8 Å². The molecule has 3 heteroatoms. The number of nitrogens with one attached hydrogen (secondary N) is 1. The minimum atomic E-state index is 0.786. The summed E-state index contributed by atoms with van der Waals surface area (Å²) in [6.07, 6.45) is 4.18. The molecule has 0 aromatic carbocycles. The van der Waals surface area contributed by atoms with Crippen LogP contribution in [0, 0.1) is 17.2 Å². The molecule has 0 amide bonds. The van der Waals surface area contributed by atoms with Gasteiger partial charge in [0.1, 0.15) is 6.07 Å². The normalized spacial score (nSPS) is 15.4. The van der Waals surface area contributed by atoms with Gasteiger partial charge in [0.05, 0.1) is 5.56 Å². The number of hydrogen-bond donors (Lipinski definition) is 1. The quantitative estimate of drug-likeness (QED) is 0.751. The van der Waals surface area contributed by atoms with Gasteiger partial charge in [-0.15, -0.1) is 11.3 Å². The Morgan fingerprint density at radius 2 is 2.43 bits per heavy atom. The average Bonchev–Trinajstić information content (AvgIpc) is 2.91. The number of nitriles is 1. The largest absolute Gasteiger partial charge is 0.312 e. The van der Waals surface area contributed by atoms with Crippen molar-refractivity contribution < 1.29 is 0 Å². The lowest BCUT2D eigenvalue weighted by molar-refractivity contribution is 0.616. The Bertz CT molecular complexity index is 333. The molecule has 74 valence electrons. The Hall–Kier alpha value is -0.850. The number of hydrogen-bond acceptors (Lipinski definition) is 3. The van der Waals surface area contributed by atoms with E-state index in [2.05, 4.69) is 11.4 Å². The van der Waals surface area contributed by atoms with Crippen LogP contribution in [-0.4, -0.2) is 6.54 Å². The molecule has 1 aromatic rings. The van der Waals surface area contributed by atoms with E-state index < -0.39 is 0 Å². The topological polar surface area (TPSA) is 35.8 Å². The van der Waals surface area contributed by atoms with Crippen LogP contribution in [0.15, 0.2) is 11.4 Å². The molecule has 1 fully saturated rings. The molecule has 1 aliphatic rings. The fourth-order valence-electron chi connectivity index (χ4n) is 1.46. The molecule has 0 spiro atoms. The van der Waals surface area contributed by atoms with Gasteiger partial charge in [-0.05, 0) is 24.9 Å². The van der Waals surface area contributed by atoms with E-state index in [1.807, 2.05) is 11.4 Å². The van der Waals surface area contributed by atoms with E-state index in [0.29, 0.717) is 0 Å². The monoisotopic (exact) mass is 206 g/mol. The molecule has 0 aliphatic heterocycles. The van der Waals surface area contributed by atoms with Gasteiger partial charge in [-0.2, -0.15) is 5.26 Å². The van der Waals surface area contributed by atoms with Crippen molar-refractivity contribution in [3.05, 3.63) is 21.9 Å². The second-order valence-corrected chi connectivity index (χ2v) is 4.82. The summed E-state index contributed by atoms with van der Waals surface area (Å²) in [5.41, 5.74) is 0.786. The van der Waals surface area contributed by atoms with E-state index in [0.717, 1.165) is 24.6 Å². The van der Waals surface area contributed by atoms with Crippen molar-refractivity contribution in [1.29, 1.82) is 5.26 Å². The summed E-state index contributed by atoms with van der Waals surface area (Å²) in [5, 5.41) is 14.0. The molecule has 1 N–H and O–H groups in total. The van der Waals surface area contributed by atoms with E-state index in [4.69, 9.17) is 5.26 Å². The maximum Gasteiger partial charge on any atom is 0.100 e. The Morgan fingerprint density at radius 3 is 3.07 bits per heavy atom. The van der Waals surface area contributed by atoms with Gasteiger partial charge in [0.25, 0.3) is 0 Å². The second-order valence-electron chi connectivity index (χ2n) is 3.82. The lowest BCUT2D eigenvalue weighted by Crippen LogP contribution is -2.14. The lowest BCUT2D eigenvalue weighted by Gasteiger charge is -2.00. The Morgan fingerprint density at radius 1 is 1.57 bits per heavy atom. The van der Waals surface area contributed by atoms with Gasteiger partial charge >= 0.3 is 0 Å². The summed E-state index contributed by atoms with van der Waals surface area (Å²) < 4.78 is 0. The first-order valence-electron chi connectivity index (χ1n) is 5.06. The zero-order chi connectivity index (χ0) is 9.80. The summed E-state index contributed by atoms with van der Waals surface area (Å²) in [6.45, 7) is 2.03. The molecule has 2 nitrogen and oxygen atoms in total. The Labute approximate surface area is 88.6 Å². The summed E-state index contributed by atoms with van der Waals surface area (Å²) in [7, 11) is 0. The SMILES string of the molecule is N#Cc1csc(CNCCC2CC2)c1. The second kappa shape index (κ2) is 4.59. The number of rotatable bonds is 5. The molecule has 0 saturated heterocycles. The maximum atomic E-state index is 8.64. The molecule has 0 radical (unpaired) electrons. The van der Waals surface area contributed by atoms with Crippen LogP contribution < -0.4 is 5.32 Å². The molecular weight excluding hydrogens is 192 g/mol. The third-order valence-corrected chi connectivity index (χ3v) is 3.45. The highest BCUT2D eigenvalue weighted by Gasteiger charge is 2.19. The van der Waals surface area contributed by atoms with Gasteiger partial charge in [-0.1, -0.05) is 12.8 Å². The Balaban J connectivity index is 1.66. The predicted molar refractivity (Wildman–Crippen MR) is 58.1 cm³/mol. The average molecular weight is 206 g/mol. The molecule has 1 aliphatic carbocycles. The molecule has 0 bridgehead atoms. The van der Waals surface area contributed by atoms with Crippen molar-refractivity contribution in [3.8, 4) is 6.07 Å². The fourth-order valence-corrected chi connectivity index (χ4v) is 2.24. The predicted octanol–water partition coefficient (Wildman–Crippen LogP) is 2.51. The third-order valence-electron chi connectivity index (χ3n) is 2.51. The first-order valence-corrected chi connectivity index (χ1v) is 5.94. The van der Waals surface area contributed by atoms with Gasteiger partial charge in [0.15, 0.2) is 0 Å². The van der Waals surface area contributed by atoms with Crippen molar-refractivity contribution >= 4 is 11.3 Å². The van der Waals surface area contributed by atoms with Crippen LogP contribution >= 0.6 is 11.3 Å². The number of nitrogens with zero attached hydrogens (tertiary/aromatic N) is 1. The van der Waals surface area contributed by atoms with Crippen LogP contribution in [0.5, 0.6) is 0 Å². The molecule has 1 aromatic heterocycles. The molecule has 0 atom stereocenters. The van der Waals surface area contributed by atoms with E-state index >= 15 is 0 Å². The van der Waals surface area contributed by atoms with Crippen LogP contribution in [0.4, 0.5) is 0 Å². The highest BCUT2D eigenvalue weighted by atomic mass is 32.1. The summed E-state index contributed by atoms with van der Waals surface area (Å²) in [4.78, 5) is 1.26. The fraction of sp³-hybridized carbons (Fsp3) is 0.545. The highest BCUT2D eigenvalue weighted by molar-refractivity contribution is 7.10. The zero-order valence-corrected chi connectivity index (χ0v) is 8.94. The minimum absolute atomic E-state index is 0.786. The van der Waals surface area contributed by atoms with Gasteiger partial charge in [0, 0.05) is 16.8 Å². The van der Waals surface area contributed by atoms with Crippen molar-refractivity contribution in [1.82, 2.24) is 5.32 Å². The smallest absolute Gasteiger partial charge is 0.100 e.